The van der Waals surface area contributed by atoms with Crippen LogP contribution in [0.2, 0.25) is 0 Å². The average molecular weight is 429 g/mol. The molecule has 0 saturated carbocycles. The van der Waals surface area contributed by atoms with Gasteiger partial charge in [-0.25, -0.2) is 0 Å². The molecule has 0 radical (unpaired) electrons. The van der Waals surface area contributed by atoms with E-state index in [1.165, 1.54) is 0 Å². The fourth-order valence-corrected chi connectivity index (χ4v) is 10.8. The maximum atomic E-state index is 13.7. The van der Waals surface area contributed by atoms with E-state index in [0.717, 1.165) is 0 Å². The van der Waals surface area contributed by atoms with Gasteiger partial charge in [-0.15, -0.1) is 0 Å². The second-order valence-corrected chi connectivity index (χ2v) is 12.4. The number of rotatable bonds is 10. The predicted molar refractivity (Wildman–Crippen MR) is 102 cm³/mol. The van der Waals surface area contributed by atoms with Crippen molar-refractivity contribution in [2.45, 2.75) is 38.2 Å². The van der Waals surface area contributed by atoms with Crippen LogP contribution in [0.3, 0.4) is 0 Å². The van der Waals surface area contributed by atoms with Gasteiger partial charge in [0.2, 0.25) is 0 Å². The summed E-state index contributed by atoms with van der Waals surface area (Å²) < 4.78 is 39.6. The fourth-order valence-electron chi connectivity index (χ4n) is 3.02. The Balaban J connectivity index is 2.67. The summed E-state index contributed by atoms with van der Waals surface area (Å²) >= 11 is 6.91. The number of benzene rings is 1. The van der Waals surface area contributed by atoms with Gasteiger partial charge in [-0.3, -0.25) is 0 Å². The summed E-state index contributed by atoms with van der Waals surface area (Å²) in [6.07, 6.45) is -0.991. The van der Waals surface area contributed by atoms with Crippen molar-refractivity contribution < 1.29 is 32.1 Å². The molecule has 1 aliphatic heterocycles. The predicted octanol–water partition coefficient (Wildman–Crippen LogP) is 5.20. The van der Waals surface area contributed by atoms with E-state index in [-0.39, 0.29) is 26.4 Å². The van der Waals surface area contributed by atoms with E-state index in [9.17, 15) is 9.46 Å². The van der Waals surface area contributed by atoms with Crippen molar-refractivity contribution in [1.82, 2.24) is 0 Å². The van der Waals surface area contributed by atoms with Crippen LogP contribution in [0.15, 0.2) is 30.3 Å². The van der Waals surface area contributed by atoms with Crippen molar-refractivity contribution >= 4 is 26.7 Å². The van der Waals surface area contributed by atoms with Crippen molar-refractivity contribution in [3.8, 4) is 0 Å². The van der Waals surface area contributed by atoms with Crippen LogP contribution < -0.4 is 0 Å². The first-order chi connectivity index (χ1) is 12.3. The van der Waals surface area contributed by atoms with E-state index in [2.05, 4.69) is 0 Å². The van der Waals surface area contributed by atoms with Crippen molar-refractivity contribution in [3.05, 3.63) is 35.9 Å². The molecule has 7 nitrogen and oxygen atoms in total. The van der Waals surface area contributed by atoms with Crippen LogP contribution in [-0.2, 0) is 27.2 Å². The Morgan fingerprint density at radius 2 is 1.58 bits per heavy atom. The molecule has 0 amide bonds. The molecule has 1 heterocycles. The molecule has 0 aliphatic carbocycles. The Morgan fingerprint density at radius 3 is 2.00 bits per heavy atom. The van der Waals surface area contributed by atoms with Gasteiger partial charge in [0.05, 0.1) is 0 Å². The van der Waals surface area contributed by atoms with Crippen molar-refractivity contribution in [2.75, 3.05) is 26.4 Å². The average Bonchev–Trinajstić information content (AvgIpc) is 2.61. The monoisotopic (exact) mass is 428 g/mol. The normalized spacial score (nSPS) is 28.7. The Hall–Kier alpha value is -0.0700. The molecule has 10 heteroatoms. The zero-order chi connectivity index (χ0) is 19.5. The summed E-state index contributed by atoms with van der Waals surface area (Å²) in [5, 5.41) is 0. The van der Waals surface area contributed by atoms with Crippen LogP contribution in [0.1, 0.15) is 39.4 Å². The third-order valence-corrected chi connectivity index (χ3v) is 12.8. The molecule has 150 valence electrons. The molecule has 1 aromatic carbocycles. The maximum absolute atomic E-state index is 13.7. The molecule has 1 saturated heterocycles. The molecule has 2 atom stereocenters. The fraction of sp³-hybridized carbons (Fsp3) is 0.625. The van der Waals surface area contributed by atoms with Gasteiger partial charge < -0.3 is 0 Å². The molecule has 0 aromatic heterocycles. The van der Waals surface area contributed by atoms with Gasteiger partial charge >= 0.3 is 159 Å². The first-order valence-electron chi connectivity index (χ1n) is 8.64. The molecule has 0 bridgehead atoms. The summed E-state index contributed by atoms with van der Waals surface area (Å²) in [5.74, 6) is 0. The molecule has 2 rings (SSSR count). The molecule has 1 N–H and O–H groups in total. The van der Waals surface area contributed by atoms with Gasteiger partial charge in [0, 0.05) is 0 Å². The third-order valence-electron chi connectivity index (χ3n) is 3.95. The first-order valence-corrected chi connectivity index (χ1v) is 12.5. The van der Waals surface area contributed by atoms with Crippen LogP contribution in [-0.4, -0.2) is 35.7 Å². The summed E-state index contributed by atoms with van der Waals surface area (Å²) in [6, 6.07) is 8.90. The summed E-state index contributed by atoms with van der Waals surface area (Å²) in [5.41, 5.74) is 0.607. The molecular weight excluding hydrogens is 402 g/mol. The van der Waals surface area contributed by atoms with Crippen molar-refractivity contribution in [2.24, 2.45) is 0 Å². The van der Waals surface area contributed by atoms with Gasteiger partial charge in [0.25, 0.3) is 0 Å². The minimum absolute atomic E-state index is 0.0442. The molecule has 26 heavy (non-hydrogen) atoms. The van der Waals surface area contributed by atoms with Gasteiger partial charge in [0.1, 0.15) is 0 Å². The van der Waals surface area contributed by atoms with Gasteiger partial charge in [-0.2, -0.15) is 0 Å². The van der Waals surface area contributed by atoms with E-state index < -0.39 is 25.6 Å². The summed E-state index contributed by atoms with van der Waals surface area (Å²) in [6.45, 7) is 6.87. The third kappa shape index (κ3) is 3.18. The van der Waals surface area contributed by atoms with Gasteiger partial charge in [-0.05, 0) is 0 Å². The molecule has 1 aromatic rings. The van der Waals surface area contributed by atoms with E-state index in [4.69, 9.17) is 34.2 Å². The van der Waals surface area contributed by atoms with Gasteiger partial charge in [0.15, 0.2) is 0 Å². The number of alkyl halides is 1. The van der Waals surface area contributed by atoms with Crippen LogP contribution in [0.25, 0.3) is 0 Å². The first kappa shape index (κ1) is 22.2. The molecule has 1 aliphatic rings. The second-order valence-electron chi connectivity index (χ2n) is 5.54. The summed E-state index contributed by atoms with van der Waals surface area (Å²) in [7, 11) is -9.10. The van der Waals surface area contributed by atoms with E-state index in [0.29, 0.717) is 5.56 Å². The molecule has 1 fully saturated rings. The molecule has 0 spiro atoms. The standard InChI is InChI=1S/C16H27ClO7P2/c1-5-20-25(18,21-6-2)16(17)15(14-12-10-9-11-13-14)24-26(16,19,22-7-3)23-8-4/h9-13,15,19H,5-8H2,1-4H3. The summed E-state index contributed by atoms with van der Waals surface area (Å²) in [4.78, 5) is 11.5. The Bertz CT molecular complexity index is 643. The van der Waals surface area contributed by atoms with Crippen LogP contribution in [0.4, 0.5) is 0 Å². The van der Waals surface area contributed by atoms with E-state index >= 15 is 0 Å². The zero-order valence-corrected chi connectivity index (χ0v) is 18.0. The second kappa shape index (κ2) is 8.12. The van der Waals surface area contributed by atoms with E-state index in [1.54, 1.807) is 52.0 Å². The van der Waals surface area contributed by atoms with Crippen molar-refractivity contribution in [3.63, 3.8) is 0 Å². The number of hydrogen-bond donors (Lipinski definition) is 1. The van der Waals surface area contributed by atoms with Crippen molar-refractivity contribution in [1.29, 1.82) is 0 Å². The topological polar surface area (TPSA) is 83.5 Å². The molecular formula is C16H27ClO7P2. The Kier molecular flexibility index (Phi) is 6.94. The Morgan fingerprint density at radius 1 is 1.08 bits per heavy atom. The van der Waals surface area contributed by atoms with E-state index in [1.807, 2.05) is 6.07 Å². The number of halogens is 1. The van der Waals surface area contributed by atoms with Crippen LogP contribution in [0, 0.1) is 0 Å². The zero-order valence-electron chi connectivity index (χ0n) is 15.5. The van der Waals surface area contributed by atoms with Crippen LogP contribution in [0.5, 0.6) is 0 Å². The molecule has 2 unspecified atom stereocenters. The number of hydrogen-bond acceptors (Lipinski definition) is 7. The Labute approximate surface area is 159 Å². The van der Waals surface area contributed by atoms with Crippen LogP contribution >= 0.6 is 26.7 Å². The SMILES string of the molecule is CCOP(=O)(OCC)C1(Cl)C(c2ccccc2)OP1(O)(OCC)OCC. The quantitative estimate of drug-likeness (QED) is 0.405. The van der Waals surface area contributed by atoms with Gasteiger partial charge in [-0.1, -0.05) is 0 Å². The minimum atomic E-state index is -5.00.